The zero-order valence-corrected chi connectivity index (χ0v) is 17.4. The van der Waals surface area contributed by atoms with Crippen molar-refractivity contribution >= 4 is 11.9 Å². The summed E-state index contributed by atoms with van der Waals surface area (Å²) in [6.45, 7) is 2.87. The van der Waals surface area contributed by atoms with E-state index < -0.39 is 0 Å². The quantitative estimate of drug-likeness (QED) is 0.644. The van der Waals surface area contributed by atoms with Gasteiger partial charge in [-0.3, -0.25) is 4.79 Å². The van der Waals surface area contributed by atoms with E-state index in [9.17, 15) is 14.0 Å². The number of benzene rings is 1. The number of carbonyl (C=O) groups excluding carboxylic acids is 2. The standard InChI is InChI=1S/C21H28FN3O4/c1-16-5-10-19(29-16)14-25(13-17-6-8-18(22)9-7-17)20(26)15-24(11-12-28-4)21(27)23(2)3/h5-10H,11-15H2,1-4H3. The Morgan fingerprint density at radius 1 is 1.03 bits per heavy atom. The van der Waals surface area contributed by atoms with Crippen LogP contribution < -0.4 is 0 Å². The van der Waals surface area contributed by atoms with Gasteiger partial charge in [0.25, 0.3) is 0 Å². The monoisotopic (exact) mass is 405 g/mol. The van der Waals surface area contributed by atoms with Crippen molar-refractivity contribution in [1.82, 2.24) is 14.7 Å². The van der Waals surface area contributed by atoms with Crippen molar-refractivity contribution in [1.29, 1.82) is 0 Å². The van der Waals surface area contributed by atoms with Crippen LogP contribution in [-0.2, 0) is 22.6 Å². The van der Waals surface area contributed by atoms with Gasteiger partial charge in [-0.05, 0) is 36.8 Å². The molecule has 0 bridgehead atoms. The smallest absolute Gasteiger partial charge is 0.320 e. The van der Waals surface area contributed by atoms with E-state index in [4.69, 9.17) is 9.15 Å². The summed E-state index contributed by atoms with van der Waals surface area (Å²) in [5, 5.41) is 0. The summed E-state index contributed by atoms with van der Waals surface area (Å²) in [6, 6.07) is 9.36. The van der Waals surface area contributed by atoms with Crippen molar-refractivity contribution in [2.24, 2.45) is 0 Å². The van der Waals surface area contributed by atoms with Gasteiger partial charge in [-0.1, -0.05) is 12.1 Å². The number of aryl methyl sites for hydroxylation is 1. The fourth-order valence-electron chi connectivity index (χ4n) is 2.79. The van der Waals surface area contributed by atoms with Gasteiger partial charge >= 0.3 is 6.03 Å². The van der Waals surface area contributed by atoms with E-state index in [0.29, 0.717) is 18.9 Å². The van der Waals surface area contributed by atoms with Gasteiger partial charge in [-0.25, -0.2) is 9.18 Å². The first-order chi connectivity index (χ1) is 13.8. The van der Waals surface area contributed by atoms with Gasteiger partial charge in [-0.2, -0.15) is 0 Å². The molecular formula is C21H28FN3O4. The number of nitrogens with zero attached hydrogens (tertiary/aromatic N) is 3. The lowest BCUT2D eigenvalue weighted by molar-refractivity contribution is -0.133. The summed E-state index contributed by atoms with van der Waals surface area (Å²) >= 11 is 0. The lowest BCUT2D eigenvalue weighted by atomic mass is 10.2. The average molecular weight is 405 g/mol. The molecule has 2 aromatic rings. The highest BCUT2D eigenvalue weighted by atomic mass is 19.1. The first kappa shape index (κ1) is 22.4. The van der Waals surface area contributed by atoms with Gasteiger partial charge < -0.3 is 23.9 Å². The third-order valence-electron chi connectivity index (χ3n) is 4.33. The third-order valence-corrected chi connectivity index (χ3v) is 4.33. The fraction of sp³-hybridized carbons (Fsp3) is 0.429. The molecule has 1 aromatic carbocycles. The summed E-state index contributed by atoms with van der Waals surface area (Å²) in [7, 11) is 4.81. The molecule has 0 radical (unpaired) electrons. The number of hydrogen-bond acceptors (Lipinski definition) is 4. The van der Waals surface area contributed by atoms with Gasteiger partial charge in [0.1, 0.15) is 23.9 Å². The number of carbonyl (C=O) groups is 2. The molecule has 0 unspecified atom stereocenters. The number of ether oxygens (including phenoxy) is 1. The SMILES string of the molecule is COCCN(CC(=O)N(Cc1ccc(F)cc1)Cc1ccc(C)o1)C(=O)N(C)C. The van der Waals surface area contributed by atoms with E-state index in [2.05, 4.69) is 0 Å². The Hall–Kier alpha value is -2.87. The second-order valence-electron chi connectivity index (χ2n) is 6.98. The summed E-state index contributed by atoms with van der Waals surface area (Å²) in [5.41, 5.74) is 0.783. The van der Waals surface area contributed by atoms with Crippen LogP contribution in [0.1, 0.15) is 17.1 Å². The molecule has 0 saturated carbocycles. The van der Waals surface area contributed by atoms with Crippen molar-refractivity contribution in [2.75, 3.05) is 40.9 Å². The first-order valence-corrected chi connectivity index (χ1v) is 9.33. The summed E-state index contributed by atoms with van der Waals surface area (Å²) in [5.74, 6) is 0.810. The Balaban J connectivity index is 2.18. The normalized spacial score (nSPS) is 10.7. The predicted molar refractivity (Wildman–Crippen MR) is 107 cm³/mol. The minimum Gasteiger partial charge on any atom is -0.464 e. The Bertz CT molecular complexity index is 805. The van der Waals surface area contributed by atoms with E-state index in [1.165, 1.54) is 21.9 Å². The zero-order chi connectivity index (χ0) is 21.4. The molecule has 0 atom stereocenters. The second-order valence-corrected chi connectivity index (χ2v) is 6.98. The first-order valence-electron chi connectivity index (χ1n) is 9.33. The maximum Gasteiger partial charge on any atom is 0.320 e. The van der Waals surface area contributed by atoms with Gasteiger partial charge in [0.05, 0.1) is 13.2 Å². The van der Waals surface area contributed by atoms with Gasteiger partial charge in [0.2, 0.25) is 5.91 Å². The number of urea groups is 1. The largest absolute Gasteiger partial charge is 0.464 e. The van der Waals surface area contributed by atoms with Crippen molar-refractivity contribution in [3.8, 4) is 0 Å². The molecule has 158 valence electrons. The Kier molecular flexibility index (Phi) is 8.21. The highest BCUT2D eigenvalue weighted by Crippen LogP contribution is 2.14. The highest BCUT2D eigenvalue weighted by Gasteiger charge is 2.23. The van der Waals surface area contributed by atoms with Crippen LogP contribution in [0.2, 0.25) is 0 Å². The molecule has 29 heavy (non-hydrogen) atoms. The number of furan rings is 1. The minimum absolute atomic E-state index is 0.0960. The highest BCUT2D eigenvalue weighted by molar-refractivity contribution is 5.84. The van der Waals surface area contributed by atoms with Crippen LogP contribution in [0, 0.1) is 12.7 Å². The Morgan fingerprint density at radius 2 is 1.72 bits per heavy atom. The van der Waals surface area contributed by atoms with E-state index in [0.717, 1.165) is 11.3 Å². The maximum atomic E-state index is 13.2. The third kappa shape index (κ3) is 6.90. The number of amides is 3. The molecule has 0 spiro atoms. The van der Waals surface area contributed by atoms with Gasteiger partial charge in [-0.15, -0.1) is 0 Å². The topological polar surface area (TPSA) is 66.2 Å². The van der Waals surface area contributed by atoms with E-state index in [1.807, 2.05) is 19.1 Å². The molecule has 1 aromatic heterocycles. The number of hydrogen-bond donors (Lipinski definition) is 0. The van der Waals surface area contributed by atoms with Crippen molar-refractivity contribution in [3.63, 3.8) is 0 Å². The molecule has 8 heteroatoms. The molecule has 0 aliphatic heterocycles. The predicted octanol–water partition coefficient (Wildman–Crippen LogP) is 2.89. The molecule has 0 fully saturated rings. The average Bonchev–Trinajstić information content (AvgIpc) is 3.10. The van der Waals surface area contributed by atoms with Crippen molar-refractivity contribution in [3.05, 3.63) is 59.3 Å². The summed E-state index contributed by atoms with van der Waals surface area (Å²) < 4.78 is 23.9. The lowest BCUT2D eigenvalue weighted by Crippen LogP contribution is -2.47. The second kappa shape index (κ2) is 10.6. The molecule has 1 heterocycles. The van der Waals surface area contributed by atoms with Crippen molar-refractivity contribution < 1.29 is 23.1 Å². The number of rotatable bonds is 9. The molecule has 0 aliphatic rings. The van der Waals surface area contributed by atoms with E-state index in [-0.39, 0.29) is 37.4 Å². The lowest BCUT2D eigenvalue weighted by Gasteiger charge is -2.29. The fourth-order valence-corrected chi connectivity index (χ4v) is 2.79. The minimum atomic E-state index is -0.337. The van der Waals surface area contributed by atoms with Crippen LogP contribution in [0.15, 0.2) is 40.8 Å². The number of halogens is 1. The Morgan fingerprint density at radius 3 is 2.28 bits per heavy atom. The summed E-state index contributed by atoms with van der Waals surface area (Å²) in [4.78, 5) is 30.0. The summed E-state index contributed by atoms with van der Waals surface area (Å²) in [6.07, 6.45) is 0. The van der Waals surface area contributed by atoms with E-state index >= 15 is 0 Å². The van der Waals surface area contributed by atoms with Crippen LogP contribution in [0.5, 0.6) is 0 Å². The zero-order valence-electron chi connectivity index (χ0n) is 17.4. The number of methoxy groups -OCH3 is 1. The molecule has 0 N–H and O–H groups in total. The van der Waals surface area contributed by atoms with Crippen molar-refractivity contribution in [2.45, 2.75) is 20.0 Å². The molecule has 3 amide bonds. The van der Waals surface area contributed by atoms with Crippen LogP contribution >= 0.6 is 0 Å². The molecule has 2 rings (SSSR count). The maximum absolute atomic E-state index is 13.2. The van der Waals surface area contributed by atoms with Gasteiger partial charge in [0, 0.05) is 34.3 Å². The van der Waals surface area contributed by atoms with Crippen LogP contribution in [-0.4, -0.2) is 67.5 Å². The van der Waals surface area contributed by atoms with Gasteiger partial charge in [0.15, 0.2) is 0 Å². The molecule has 0 saturated heterocycles. The van der Waals surface area contributed by atoms with Crippen LogP contribution in [0.25, 0.3) is 0 Å². The molecular weight excluding hydrogens is 377 g/mol. The Labute approximate surface area is 170 Å². The van der Waals surface area contributed by atoms with Crippen LogP contribution in [0.4, 0.5) is 9.18 Å². The molecule has 7 nitrogen and oxygen atoms in total. The molecule has 0 aliphatic carbocycles. The van der Waals surface area contributed by atoms with E-state index in [1.54, 1.807) is 38.2 Å². The van der Waals surface area contributed by atoms with Crippen LogP contribution in [0.3, 0.4) is 0 Å².